The van der Waals surface area contributed by atoms with E-state index >= 15 is 0 Å². The van der Waals surface area contributed by atoms with Crippen molar-refractivity contribution in [3.05, 3.63) is 60.2 Å². The topological polar surface area (TPSA) is 42.1 Å². The molecule has 1 amide bonds. The number of amides is 1. The number of anilines is 2. The molecule has 3 fully saturated rings. The Kier molecular flexibility index (Phi) is 7.24. The number of carbonyl (C=O) groups excluding carboxylic acids is 1. The van der Waals surface area contributed by atoms with Crippen LogP contribution in [0.3, 0.4) is 0 Å². The number of hydrogen-bond acceptors (Lipinski definition) is 5. The van der Waals surface area contributed by atoms with E-state index in [0.29, 0.717) is 12.6 Å². The molecule has 1 atom stereocenters. The highest BCUT2D eigenvalue weighted by Crippen LogP contribution is 2.22. The fraction of sp³-hybridized carbons (Fsp3) is 0.519. The fourth-order valence-corrected chi connectivity index (χ4v) is 5.53. The molecule has 3 aliphatic heterocycles. The van der Waals surface area contributed by atoms with Crippen molar-refractivity contribution in [1.82, 2.24) is 14.7 Å². The summed E-state index contributed by atoms with van der Waals surface area (Å²) in [5.74, 6) is 0.0966. The molecule has 0 bridgehead atoms. The predicted octanol–water partition coefficient (Wildman–Crippen LogP) is 3.12. The highest BCUT2D eigenvalue weighted by Gasteiger charge is 2.30. The molecule has 0 aromatic heterocycles. The molecule has 1 N–H and O–H groups in total. The summed E-state index contributed by atoms with van der Waals surface area (Å²) < 4.78 is 0. The molecule has 2 aromatic rings. The van der Waals surface area contributed by atoms with Crippen LogP contribution in [-0.2, 0) is 11.3 Å². The number of nitrogens with one attached hydrogen (secondary N) is 1. The fourth-order valence-electron chi connectivity index (χ4n) is 5.53. The standard InChI is InChI=1S/C27H37N5O/c33-27(22-30-15-12-26(21-30)31-13-4-5-14-31)28-24-8-10-25(11-9-24)32-18-16-29(17-19-32)20-23-6-2-1-3-7-23/h1-3,6-11,26H,4-5,12-22H2,(H,28,33). The number of benzene rings is 2. The highest BCUT2D eigenvalue weighted by molar-refractivity contribution is 5.92. The van der Waals surface area contributed by atoms with E-state index in [1.807, 2.05) is 12.1 Å². The third kappa shape index (κ3) is 5.94. The van der Waals surface area contributed by atoms with E-state index in [0.717, 1.165) is 51.5 Å². The lowest BCUT2D eigenvalue weighted by atomic mass is 10.2. The van der Waals surface area contributed by atoms with Gasteiger partial charge in [0.05, 0.1) is 6.54 Å². The molecule has 6 heteroatoms. The van der Waals surface area contributed by atoms with Gasteiger partial charge in [-0.2, -0.15) is 0 Å². The quantitative estimate of drug-likeness (QED) is 0.707. The zero-order chi connectivity index (χ0) is 22.5. The normalized spacial score (nSPS) is 22.7. The molecule has 1 unspecified atom stereocenters. The van der Waals surface area contributed by atoms with Crippen molar-refractivity contribution in [1.29, 1.82) is 0 Å². The van der Waals surface area contributed by atoms with Gasteiger partial charge in [0, 0.05) is 63.2 Å². The molecule has 0 aliphatic carbocycles. The largest absolute Gasteiger partial charge is 0.369 e. The van der Waals surface area contributed by atoms with Gasteiger partial charge < -0.3 is 10.2 Å². The van der Waals surface area contributed by atoms with Gasteiger partial charge in [-0.25, -0.2) is 0 Å². The van der Waals surface area contributed by atoms with E-state index in [1.165, 1.54) is 43.6 Å². The van der Waals surface area contributed by atoms with Crippen molar-refractivity contribution in [3.63, 3.8) is 0 Å². The first-order valence-electron chi connectivity index (χ1n) is 12.6. The van der Waals surface area contributed by atoms with Crippen molar-refractivity contribution in [2.24, 2.45) is 0 Å². The minimum atomic E-state index is 0.0966. The van der Waals surface area contributed by atoms with Gasteiger partial charge in [-0.3, -0.25) is 19.5 Å². The molecule has 3 aliphatic rings. The van der Waals surface area contributed by atoms with E-state index in [1.54, 1.807) is 0 Å². The van der Waals surface area contributed by atoms with Crippen LogP contribution in [0.25, 0.3) is 0 Å². The summed E-state index contributed by atoms with van der Waals surface area (Å²) >= 11 is 0. The Morgan fingerprint density at radius 3 is 2.27 bits per heavy atom. The number of carbonyl (C=O) groups is 1. The van der Waals surface area contributed by atoms with Crippen LogP contribution in [0.15, 0.2) is 54.6 Å². The first kappa shape index (κ1) is 22.4. The molecule has 6 nitrogen and oxygen atoms in total. The Labute approximate surface area is 198 Å². The summed E-state index contributed by atoms with van der Waals surface area (Å²) in [6.45, 7) is 10.3. The zero-order valence-electron chi connectivity index (χ0n) is 19.7. The average molecular weight is 448 g/mol. The Morgan fingerprint density at radius 2 is 1.55 bits per heavy atom. The summed E-state index contributed by atoms with van der Waals surface area (Å²) in [7, 11) is 0. The van der Waals surface area contributed by atoms with E-state index in [9.17, 15) is 4.79 Å². The Hall–Kier alpha value is -2.41. The van der Waals surface area contributed by atoms with E-state index in [-0.39, 0.29) is 5.91 Å². The van der Waals surface area contributed by atoms with E-state index < -0.39 is 0 Å². The first-order chi connectivity index (χ1) is 16.2. The SMILES string of the molecule is O=C(CN1CCC(N2CCCC2)C1)Nc1ccc(N2CCN(Cc3ccccc3)CC2)cc1. The number of hydrogen-bond donors (Lipinski definition) is 1. The highest BCUT2D eigenvalue weighted by atomic mass is 16.2. The second-order valence-electron chi connectivity index (χ2n) is 9.76. The molecule has 0 radical (unpaired) electrons. The summed E-state index contributed by atoms with van der Waals surface area (Å²) in [6, 6.07) is 19.7. The van der Waals surface area contributed by atoms with Gasteiger partial charge in [-0.05, 0) is 62.2 Å². The van der Waals surface area contributed by atoms with Gasteiger partial charge in [0.15, 0.2) is 0 Å². The van der Waals surface area contributed by atoms with Gasteiger partial charge in [0.1, 0.15) is 0 Å². The van der Waals surface area contributed by atoms with Crippen molar-refractivity contribution >= 4 is 17.3 Å². The number of piperazine rings is 1. The molecule has 0 saturated carbocycles. The van der Waals surface area contributed by atoms with Crippen molar-refractivity contribution < 1.29 is 4.79 Å². The van der Waals surface area contributed by atoms with Gasteiger partial charge in [0.25, 0.3) is 0 Å². The van der Waals surface area contributed by atoms with Gasteiger partial charge in [-0.1, -0.05) is 30.3 Å². The van der Waals surface area contributed by atoms with E-state index in [2.05, 4.69) is 67.4 Å². The van der Waals surface area contributed by atoms with Crippen molar-refractivity contribution in [2.45, 2.75) is 31.8 Å². The smallest absolute Gasteiger partial charge is 0.238 e. The minimum absolute atomic E-state index is 0.0966. The maximum Gasteiger partial charge on any atom is 0.238 e. The van der Waals surface area contributed by atoms with Crippen LogP contribution in [0.5, 0.6) is 0 Å². The first-order valence-corrected chi connectivity index (χ1v) is 12.6. The summed E-state index contributed by atoms with van der Waals surface area (Å²) in [6.07, 6.45) is 3.85. The van der Waals surface area contributed by atoms with Crippen LogP contribution in [0.1, 0.15) is 24.8 Å². The van der Waals surface area contributed by atoms with Crippen molar-refractivity contribution in [2.75, 3.05) is 69.1 Å². The molecular weight excluding hydrogens is 410 g/mol. The molecule has 33 heavy (non-hydrogen) atoms. The molecule has 0 spiro atoms. The van der Waals surface area contributed by atoms with Crippen LogP contribution < -0.4 is 10.2 Å². The predicted molar refractivity (Wildman–Crippen MR) is 135 cm³/mol. The second-order valence-corrected chi connectivity index (χ2v) is 9.76. The van der Waals surface area contributed by atoms with Gasteiger partial charge in [0.2, 0.25) is 5.91 Å². The van der Waals surface area contributed by atoms with Crippen molar-refractivity contribution in [3.8, 4) is 0 Å². The van der Waals surface area contributed by atoms with Crippen LogP contribution in [0.4, 0.5) is 11.4 Å². The summed E-state index contributed by atoms with van der Waals surface area (Å²) in [5.41, 5.74) is 3.51. The maximum atomic E-state index is 12.6. The number of likely N-dealkylation sites (tertiary alicyclic amines) is 2. The lowest BCUT2D eigenvalue weighted by molar-refractivity contribution is -0.117. The van der Waals surface area contributed by atoms with Gasteiger partial charge in [-0.15, -0.1) is 0 Å². The maximum absolute atomic E-state index is 12.6. The number of nitrogens with zero attached hydrogens (tertiary/aromatic N) is 4. The zero-order valence-corrected chi connectivity index (χ0v) is 19.7. The minimum Gasteiger partial charge on any atom is -0.369 e. The van der Waals surface area contributed by atoms with Crippen LogP contribution in [0, 0.1) is 0 Å². The Balaban J connectivity index is 1.05. The molecule has 176 valence electrons. The van der Waals surface area contributed by atoms with Crippen LogP contribution in [0.2, 0.25) is 0 Å². The number of rotatable bonds is 7. The molecule has 3 heterocycles. The Morgan fingerprint density at radius 1 is 0.818 bits per heavy atom. The summed E-state index contributed by atoms with van der Waals surface area (Å²) in [4.78, 5) is 22.5. The van der Waals surface area contributed by atoms with Crippen LogP contribution >= 0.6 is 0 Å². The average Bonchev–Trinajstić information content (AvgIpc) is 3.53. The third-order valence-electron chi connectivity index (χ3n) is 7.41. The van der Waals surface area contributed by atoms with Gasteiger partial charge >= 0.3 is 0 Å². The second kappa shape index (κ2) is 10.7. The third-order valence-corrected chi connectivity index (χ3v) is 7.41. The molecule has 5 rings (SSSR count). The molecule has 2 aromatic carbocycles. The lowest BCUT2D eigenvalue weighted by Gasteiger charge is -2.36. The lowest BCUT2D eigenvalue weighted by Crippen LogP contribution is -2.45. The monoisotopic (exact) mass is 447 g/mol. The summed E-state index contributed by atoms with van der Waals surface area (Å²) in [5, 5.41) is 3.10. The molecular formula is C27H37N5O. The van der Waals surface area contributed by atoms with E-state index in [4.69, 9.17) is 0 Å². The Bertz CT molecular complexity index is 888. The molecule has 3 saturated heterocycles. The van der Waals surface area contributed by atoms with Crippen LogP contribution in [-0.4, -0.2) is 85.6 Å².